The van der Waals surface area contributed by atoms with Gasteiger partial charge < -0.3 is 10.1 Å². The molecule has 0 aliphatic heterocycles. The molecular formula is C26H28BrNO2. The highest BCUT2D eigenvalue weighted by Gasteiger charge is 2.15. The maximum Gasteiger partial charge on any atom is 0.251 e. The molecule has 0 saturated heterocycles. The van der Waals surface area contributed by atoms with Crippen LogP contribution in [0.15, 0.2) is 77.3 Å². The lowest BCUT2D eigenvalue weighted by molar-refractivity contribution is 0.0940. The Bertz CT molecular complexity index is 972. The Balaban J connectivity index is 1.56. The maximum absolute atomic E-state index is 12.6. The van der Waals surface area contributed by atoms with Crippen molar-refractivity contribution >= 4 is 21.8 Å². The first-order chi connectivity index (χ1) is 14.2. The molecule has 3 nitrogen and oxygen atoms in total. The lowest BCUT2D eigenvalue weighted by Gasteiger charge is -2.20. The van der Waals surface area contributed by atoms with E-state index in [0.717, 1.165) is 21.3 Å². The summed E-state index contributed by atoms with van der Waals surface area (Å²) >= 11 is 3.41. The van der Waals surface area contributed by atoms with Crippen LogP contribution in [-0.4, -0.2) is 5.91 Å². The summed E-state index contributed by atoms with van der Waals surface area (Å²) in [6.07, 6.45) is 0. The Morgan fingerprint density at radius 2 is 1.53 bits per heavy atom. The number of carbonyl (C=O) groups is 1. The second-order valence-electron chi connectivity index (χ2n) is 8.51. The van der Waals surface area contributed by atoms with Crippen LogP contribution in [0, 0.1) is 0 Å². The molecule has 0 unspecified atom stereocenters. The molecule has 0 fully saturated rings. The minimum absolute atomic E-state index is 0.0630. The third-order valence-electron chi connectivity index (χ3n) is 5.06. The van der Waals surface area contributed by atoms with Gasteiger partial charge in [-0.2, -0.15) is 0 Å². The van der Waals surface area contributed by atoms with Gasteiger partial charge >= 0.3 is 0 Å². The summed E-state index contributed by atoms with van der Waals surface area (Å²) in [5.41, 5.74) is 4.15. The fourth-order valence-electron chi connectivity index (χ4n) is 3.08. The van der Waals surface area contributed by atoms with Gasteiger partial charge in [0.25, 0.3) is 5.91 Å². The standard InChI is InChI=1S/C26H28BrNO2/c1-18(20-9-11-22(12-10-20)26(2,3)4)28-25(29)21-7-5-19(6-8-21)17-30-24-15-13-23(27)14-16-24/h5-16,18H,17H2,1-4H3,(H,28,29)/t18-/m1/s1. The van der Waals surface area contributed by atoms with Gasteiger partial charge in [0.2, 0.25) is 0 Å². The summed E-state index contributed by atoms with van der Waals surface area (Å²) in [7, 11) is 0. The van der Waals surface area contributed by atoms with Gasteiger partial charge in [-0.05, 0) is 65.4 Å². The van der Waals surface area contributed by atoms with E-state index in [4.69, 9.17) is 4.74 Å². The summed E-state index contributed by atoms with van der Waals surface area (Å²) in [5, 5.41) is 3.08. The molecule has 1 N–H and O–H groups in total. The Labute approximate surface area is 187 Å². The summed E-state index contributed by atoms with van der Waals surface area (Å²) in [6, 6.07) is 23.7. The quantitative estimate of drug-likeness (QED) is 0.433. The van der Waals surface area contributed by atoms with Crippen LogP contribution in [0.1, 0.15) is 60.8 Å². The summed E-state index contributed by atoms with van der Waals surface area (Å²) in [4.78, 5) is 12.6. The molecule has 3 rings (SSSR count). The van der Waals surface area contributed by atoms with E-state index in [1.807, 2.05) is 55.5 Å². The van der Waals surface area contributed by atoms with Crippen LogP contribution >= 0.6 is 15.9 Å². The molecule has 4 heteroatoms. The van der Waals surface area contributed by atoms with Crippen LogP contribution in [0.3, 0.4) is 0 Å². The second-order valence-corrected chi connectivity index (χ2v) is 9.42. The number of hydrogen-bond acceptors (Lipinski definition) is 2. The van der Waals surface area contributed by atoms with Gasteiger partial charge in [-0.1, -0.05) is 73.1 Å². The molecule has 0 bridgehead atoms. The zero-order chi connectivity index (χ0) is 21.7. The van der Waals surface area contributed by atoms with Crippen LogP contribution in [0.5, 0.6) is 5.75 Å². The zero-order valence-electron chi connectivity index (χ0n) is 17.9. The molecule has 0 aliphatic carbocycles. The number of nitrogens with one attached hydrogen (secondary N) is 1. The summed E-state index contributed by atoms with van der Waals surface area (Å²) in [5.74, 6) is 0.731. The van der Waals surface area contributed by atoms with Gasteiger partial charge in [-0.25, -0.2) is 0 Å². The van der Waals surface area contributed by atoms with Crippen molar-refractivity contribution in [3.05, 3.63) is 99.5 Å². The van der Waals surface area contributed by atoms with Crippen molar-refractivity contribution in [3.63, 3.8) is 0 Å². The van der Waals surface area contributed by atoms with Gasteiger partial charge in [-0.3, -0.25) is 4.79 Å². The minimum Gasteiger partial charge on any atom is -0.489 e. The molecule has 3 aromatic carbocycles. The van der Waals surface area contributed by atoms with Gasteiger partial charge in [0, 0.05) is 10.0 Å². The number of ether oxygens (including phenoxy) is 1. The fraction of sp³-hybridized carbons (Fsp3) is 0.269. The highest BCUT2D eigenvalue weighted by atomic mass is 79.9. The second kappa shape index (κ2) is 9.48. The van der Waals surface area contributed by atoms with Crippen molar-refractivity contribution in [2.24, 2.45) is 0 Å². The van der Waals surface area contributed by atoms with E-state index < -0.39 is 0 Å². The number of rotatable bonds is 6. The fourth-order valence-corrected chi connectivity index (χ4v) is 3.35. The predicted molar refractivity (Wildman–Crippen MR) is 126 cm³/mol. The highest BCUT2D eigenvalue weighted by molar-refractivity contribution is 9.10. The number of hydrogen-bond donors (Lipinski definition) is 1. The molecule has 0 spiro atoms. The van der Waals surface area contributed by atoms with E-state index in [0.29, 0.717) is 12.2 Å². The summed E-state index contributed by atoms with van der Waals surface area (Å²) < 4.78 is 6.80. The minimum atomic E-state index is -0.0808. The lowest BCUT2D eigenvalue weighted by Crippen LogP contribution is -2.26. The molecule has 156 valence electrons. The van der Waals surface area contributed by atoms with Crippen molar-refractivity contribution < 1.29 is 9.53 Å². The number of benzene rings is 3. The van der Waals surface area contributed by atoms with E-state index >= 15 is 0 Å². The number of amides is 1. The topological polar surface area (TPSA) is 38.3 Å². The van der Waals surface area contributed by atoms with E-state index in [9.17, 15) is 4.79 Å². The van der Waals surface area contributed by atoms with Crippen molar-refractivity contribution in [3.8, 4) is 5.75 Å². The van der Waals surface area contributed by atoms with Crippen LogP contribution in [0.4, 0.5) is 0 Å². The first-order valence-electron chi connectivity index (χ1n) is 10.1. The largest absolute Gasteiger partial charge is 0.489 e. The number of carbonyl (C=O) groups excluding carboxylic acids is 1. The van der Waals surface area contributed by atoms with E-state index in [-0.39, 0.29) is 17.4 Å². The van der Waals surface area contributed by atoms with Gasteiger partial charge in [0.1, 0.15) is 12.4 Å². The Morgan fingerprint density at radius 1 is 0.933 bits per heavy atom. The normalized spacial score (nSPS) is 12.3. The molecule has 1 atom stereocenters. The van der Waals surface area contributed by atoms with Crippen LogP contribution in [0.2, 0.25) is 0 Å². The highest BCUT2D eigenvalue weighted by Crippen LogP contribution is 2.24. The summed E-state index contributed by atoms with van der Waals surface area (Å²) in [6.45, 7) is 9.05. The molecule has 1 amide bonds. The van der Waals surface area contributed by atoms with Gasteiger partial charge in [0.05, 0.1) is 6.04 Å². The average Bonchev–Trinajstić information content (AvgIpc) is 2.73. The van der Waals surface area contributed by atoms with E-state index in [1.54, 1.807) is 0 Å². The molecule has 0 aliphatic rings. The van der Waals surface area contributed by atoms with E-state index in [2.05, 4.69) is 66.3 Å². The van der Waals surface area contributed by atoms with Crippen LogP contribution in [0.25, 0.3) is 0 Å². The molecular weight excluding hydrogens is 438 g/mol. The SMILES string of the molecule is C[C@@H](NC(=O)c1ccc(COc2ccc(Br)cc2)cc1)c1ccc(C(C)(C)C)cc1. The molecule has 0 heterocycles. The monoisotopic (exact) mass is 465 g/mol. The molecule has 0 aromatic heterocycles. The van der Waals surface area contributed by atoms with Crippen molar-refractivity contribution in [2.75, 3.05) is 0 Å². The predicted octanol–water partition coefficient (Wildman–Crippen LogP) is 6.82. The van der Waals surface area contributed by atoms with Gasteiger partial charge in [0.15, 0.2) is 0 Å². The van der Waals surface area contributed by atoms with E-state index in [1.165, 1.54) is 5.56 Å². The van der Waals surface area contributed by atoms with Crippen molar-refractivity contribution in [2.45, 2.75) is 45.8 Å². The first-order valence-corrected chi connectivity index (χ1v) is 10.9. The van der Waals surface area contributed by atoms with Crippen molar-refractivity contribution in [1.82, 2.24) is 5.32 Å². The molecule has 30 heavy (non-hydrogen) atoms. The molecule has 3 aromatic rings. The van der Waals surface area contributed by atoms with Crippen LogP contribution in [-0.2, 0) is 12.0 Å². The maximum atomic E-state index is 12.6. The smallest absolute Gasteiger partial charge is 0.251 e. The lowest BCUT2D eigenvalue weighted by atomic mass is 9.86. The third-order valence-corrected chi connectivity index (χ3v) is 5.59. The van der Waals surface area contributed by atoms with Crippen molar-refractivity contribution in [1.29, 1.82) is 0 Å². The molecule has 0 radical (unpaired) electrons. The van der Waals surface area contributed by atoms with Crippen LogP contribution < -0.4 is 10.1 Å². The Hall–Kier alpha value is -2.59. The zero-order valence-corrected chi connectivity index (χ0v) is 19.5. The third kappa shape index (κ3) is 5.96. The van der Waals surface area contributed by atoms with Gasteiger partial charge in [-0.15, -0.1) is 0 Å². The Kier molecular flexibility index (Phi) is 6.99. The first kappa shape index (κ1) is 22.1. The Morgan fingerprint density at radius 3 is 2.10 bits per heavy atom. The molecule has 0 saturated carbocycles. The number of halogens is 1. The average molecular weight is 466 g/mol.